The highest BCUT2D eigenvalue weighted by atomic mass is 15.1. The average molecular weight is 208 g/mol. The van der Waals surface area contributed by atoms with Gasteiger partial charge in [-0.2, -0.15) is 0 Å². The molecule has 0 atom stereocenters. The standard InChI is InChI=1S/C10H16N3.C2H6/c1-5-13(6-2)10(4)8-7-9(3)12-11;1-2/h7-8H,3-6H2,1-2H3;1-2H3/q+1;/b8-7-;. The molecule has 0 aromatic heterocycles. The van der Waals surface area contributed by atoms with Crippen LogP contribution in [0.15, 0.2) is 36.7 Å². The molecule has 0 radical (unpaired) electrons. The van der Waals surface area contributed by atoms with Crippen molar-refractivity contribution in [3.05, 3.63) is 41.7 Å². The molecule has 0 bridgehead atoms. The van der Waals surface area contributed by atoms with Gasteiger partial charge in [-0.15, -0.1) is 0 Å². The highest BCUT2D eigenvalue weighted by Crippen LogP contribution is 2.04. The molecule has 0 N–H and O–H groups in total. The average Bonchev–Trinajstić information content (AvgIpc) is 2.30. The van der Waals surface area contributed by atoms with E-state index in [9.17, 15) is 0 Å². The van der Waals surface area contributed by atoms with Gasteiger partial charge in [0.05, 0.1) is 0 Å². The summed E-state index contributed by atoms with van der Waals surface area (Å²) in [6, 6.07) is 0. The van der Waals surface area contributed by atoms with E-state index in [0.29, 0.717) is 5.70 Å². The molecule has 0 aliphatic carbocycles. The van der Waals surface area contributed by atoms with Crippen molar-refractivity contribution in [2.24, 2.45) is 0 Å². The zero-order chi connectivity index (χ0) is 12.3. The molecular weight excluding hydrogens is 186 g/mol. The fourth-order valence-electron chi connectivity index (χ4n) is 0.961. The maximum Gasteiger partial charge on any atom is 0.378 e. The van der Waals surface area contributed by atoms with Crippen molar-refractivity contribution in [1.82, 2.24) is 4.90 Å². The van der Waals surface area contributed by atoms with E-state index >= 15 is 0 Å². The number of diazo groups is 1. The van der Waals surface area contributed by atoms with Crippen molar-refractivity contribution >= 4 is 0 Å². The predicted octanol–water partition coefficient (Wildman–Crippen LogP) is 3.79. The van der Waals surface area contributed by atoms with Gasteiger partial charge in [0.1, 0.15) is 0 Å². The Morgan fingerprint density at radius 1 is 1.20 bits per heavy atom. The molecule has 0 aromatic rings. The maximum absolute atomic E-state index is 8.33. The fourth-order valence-corrected chi connectivity index (χ4v) is 0.961. The zero-order valence-corrected chi connectivity index (χ0v) is 10.3. The SMILES string of the molecule is C=C(/C=C\C(=C)N(CC)CC)[N+]#N.CC. The Labute approximate surface area is 93.4 Å². The summed E-state index contributed by atoms with van der Waals surface area (Å²) in [6.07, 6.45) is 3.41. The summed E-state index contributed by atoms with van der Waals surface area (Å²) in [5, 5.41) is 8.33. The van der Waals surface area contributed by atoms with Crippen molar-refractivity contribution < 1.29 is 0 Å². The summed E-state index contributed by atoms with van der Waals surface area (Å²) in [5.74, 6) is 0. The molecule has 0 heterocycles. The molecule has 0 aliphatic heterocycles. The van der Waals surface area contributed by atoms with Crippen molar-refractivity contribution in [1.29, 1.82) is 5.39 Å². The third-order valence-corrected chi connectivity index (χ3v) is 1.77. The fraction of sp³-hybridized carbons (Fsp3) is 0.500. The quantitative estimate of drug-likeness (QED) is 0.508. The van der Waals surface area contributed by atoms with Crippen LogP contribution in [0.1, 0.15) is 27.7 Å². The minimum atomic E-state index is 0.327. The van der Waals surface area contributed by atoms with Gasteiger partial charge < -0.3 is 4.90 Å². The van der Waals surface area contributed by atoms with Gasteiger partial charge in [0, 0.05) is 24.9 Å². The molecule has 3 heteroatoms. The van der Waals surface area contributed by atoms with E-state index in [1.165, 1.54) is 0 Å². The summed E-state index contributed by atoms with van der Waals surface area (Å²) in [7, 11) is 0. The van der Waals surface area contributed by atoms with Gasteiger partial charge in [-0.1, -0.05) is 20.4 Å². The summed E-state index contributed by atoms with van der Waals surface area (Å²) >= 11 is 0. The summed E-state index contributed by atoms with van der Waals surface area (Å²) in [6.45, 7) is 17.3. The molecule has 0 aliphatic rings. The van der Waals surface area contributed by atoms with Crippen molar-refractivity contribution in [2.75, 3.05) is 13.1 Å². The highest BCUT2D eigenvalue weighted by molar-refractivity contribution is 5.26. The molecule has 84 valence electrons. The van der Waals surface area contributed by atoms with Crippen LogP contribution >= 0.6 is 0 Å². The third-order valence-electron chi connectivity index (χ3n) is 1.77. The molecular formula is C12H22N3+. The molecule has 0 saturated heterocycles. The Hall–Kier alpha value is -1.56. The van der Waals surface area contributed by atoms with Crippen LogP contribution in [-0.2, 0) is 0 Å². The Morgan fingerprint density at radius 3 is 2.00 bits per heavy atom. The highest BCUT2D eigenvalue weighted by Gasteiger charge is 2.01. The second kappa shape index (κ2) is 10.5. The summed E-state index contributed by atoms with van der Waals surface area (Å²) in [4.78, 5) is 5.03. The minimum absolute atomic E-state index is 0.327. The predicted molar refractivity (Wildman–Crippen MR) is 66.8 cm³/mol. The van der Waals surface area contributed by atoms with Crippen LogP contribution in [0.3, 0.4) is 0 Å². The first-order chi connectivity index (χ1) is 7.15. The van der Waals surface area contributed by atoms with Crippen molar-refractivity contribution in [3.63, 3.8) is 0 Å². The van der Waals surface area contributed by atoms with Crippen LogP contribution < -0.4 is 0 Å². The lowest BCUT2D eigenvalue weighted by Gasteiger charge is -2.20. The zero-order valence-electron chi connectivity index (χ0n) is 10.3. The van der Waals surface area contributed by atoms with E-state index in [-0.39, 0.29) is 0 Å². The van der Waals surface area contributed by atoms with Crippen molar-refractivity contribution in [2.45, 2.75) is 27.7 Å². The topological polar surface area (TPSA) is 31.4 Å². The van der Waals surface area contributed by atoms with Gasteiger partial charge in [0.25, 0.3) is 0 Å². The maximum atomic E-state index is 8.33. The van der Waals surface area contributed by atoms with E-state index in [0.717, 1.165) is 18.8 Å². The second-order valence-corrected chi connectivity index (χ2v) is 2.59. The van der Waals surface area contributed by atoms with Gasteiger partial charge in [0.15, 0.2) is 4.98 Å². The lowest BCUT2D eigenvalue weighted by atomic mass is 10.3. The number of hydrogen-bond donors (Lipinski definition) is 0. The molecule has 0 amide bonds. The summed E-state index contributed by atoms with van der Waals surface area (Å²) in [5.41, 5.74) is 1.23. The molecule has 0 saturated carbocycles. The lowest BCUT2D eigenvalue weighted by Crippen LogP contribution is -2.20. The number of hydrogen-bond acceptors (Lipinski definition) is 2. The Bertz CT molecular complexity index is 255. The molecule has 0 rings (SSSR count). The van der Waals surface area contributed by atoms with E-state index in [2.05, 4.69) is 36.9 Å². The molecule has 0 aromatic carbocycles. The lowest BCUT2D eigenvalue weighted by molar-refractivity contribution is 0.396. The summed E-state index contributed by atoms with van der Waals surface area (Å²) < 4.78 is 0. The monoisotopic (exact) mass is 208 g/mol. The van der Waals surface area contributed by atoms with Crippen LogP contribution in [0, 0.1) is 5.39 Å². The first-order valence-electron chi connectivity index (χ1n) is 5.31. The smallest absolute Gasteiger partial charge is 0.373 e. The van der Waals surface area contributed by atoms with Gasteiger partial charge >= 0.3 is 5.70 Å². The normalized spacial score (nSPS) is 8.73. The van der Waals surface area contributed by atoms with Gasteiger partial charge in [0.2, 0.25) is 5.39 Å². The number of allylic oxidation sites excluding steroid dienone is 2. The molecule has 0 spiro atoms. The molecule has 0 unspecified atom stereocenters. The first kappa shape index (κ1) is 15.9. The molecule has 0 fully saturated rings. The number of rotatable bonds is 5. The number of nitrogens with zero attached hydrogens (tertiary/aromatic N) is 3. The molecule has 15 heavy (non-hydrogen) atoms. The van der Waals surface area contributed by atoms with Crippen LogP contribution in [0.5, 0.6) is 0 Å². The van der Waals surface area contributed by atoms with Crippen LogP contribution in [0.25, 0.3) is 4.98 Å². The van der Waals surface area contributed by atoms with Crippen molar-refractivity contribution in [3.8, 4) is 0 Å². The van der Waals surface area contributed by atoms with Gasteiger partial charge in [-0.05, 0) is 26.5 Å². The molecule has 3 nitrogen and oxygen atoms in total. The number of likely N-dealkylation sites (N-methyl/N-ethyl adjacent to an activating group) is 1. The third kappa shape index (κ3) is 7.51. The van der Waals surface area contributed by atoms with E-state index in [4.69, 9.17) is 5.39 Å². The first-order valence-corrected chi connectivity index (χ1v) is 5.31. The second-order valence-electron chi connectivity index (χ2n) is 2.59. The van der Waals surface area contributed by atoms with Gasteiger partial charge in [-0.25, -0.2) is 0 Å². The Kier molecular flexibility index (Phi) is 11.1. The minimum Gasteiger partial charge on any atom is -0.373 e. The van der Waals surface area contributed by atoms with E-state index in [1.807, 2.05) is 13.8 Å². The van der Waals surface area contributed by atoms with Gasteiger partial charge in [-0.3, -0.25) is 0 Å². The Morgan fingerprint density at radius 2 is 1.67 bits per heavy atom. The van der Waals surface area contributed by atoms with Crippen LogP contribution in [-0.4, -0.2) is 18.0 Å². The van der Waals surface area contributed by atoms with E-state index in [1.54, 1.807) is 12.2 Å². The van der Waals surface area contributed by atoms with E-state index < -0.39 is 0 Å². The van der Waals surface area contributed by atoms with Crippen LogP contribution in [0.4, 0.5) is 0 Å². The Balaban J connectivity index is 0. The van der Waals surface area contributed by atoms with Crippen LogP contribution in [0.2, 0.25) is 0 Å². The largest absolute Gasteiger partial charge is 0.378 e.